The lowest BCUT2D eigenvalue weighted by atomic mass is 10.5. The van der Waals surface area contributed by atoms with Crippen molar-refractivity contribution in [2.45, 2.75) is 13.1 Å². The van der Waals surface area contributed by atoms with E-state index in [9.17, 15) is 0 Å². The molecule has 0 radical (unpaired) electrons. The fourth-order valence-electron chi connectivity index (χ4n) is 1.15. The second-order valence-corrected chi connectivity index (χ2v) is 3.11. The van der Waals surface area contributed by atoms with E-state index in [1.54, 1.807) is 6.92 Å². The molecule has 1 aliphatic heterocycles. The summed E-state index contributed by atoms with van der Waals surface area (Å²) in [6.45, 7) is 1.95. The topological polar surface area (TPSA) is 195 Å². The largest absolute Gasteiger partial charge is 0.268 e. The Bertz CT molecular complexity index is 652. The molecule has 108 valence electrons. The van der Waals surface area contributed by atoms with Gasteiger partial charge in [-0.3, -0.25) is 9.78 Å². The lowest BCUT2D eigenvalue weighted by Gasteiger charge is -2.13. The van der Waals surface area contributed by atoms with Crippen LogP contribution in [0.15, 0.2) is 30.2 Å². The first kappa shape index (κ1) is 14.2. The minimum Gasteiger partial charge on any atom is -0.268 e. The molecular weight excluding hydrogens is 288 g/mol. The molecule has 2 rings (SSSR count). The first-order valence-corrected chi connectivity index (χ1v) is 5.31. The van der Waals surface area contributed by atoms with Crippen LogP contribution in [-0.4, -0.2) is 34.1 Å². The Labute approximate surface area is 114 Å². The van der Waals surface area contributed by atoms with Gasteiger partial charge in [-0.1, -0.05) is 5.11 Å². The highest BCUT2D eigenvalue weighted by atomic mass is 17.0. The molecule has 1 aromatic heterocycles. The van der Waals surface area contributed by atoms with Crippen LogP contribution in [0.3, 0.4) is 0 Å². The Kier molecular flexibility index (Phi) is 4.58. The van der Waals surface area contributed by atoms with Gasteiger partial charge in [0.15, 0.2) is 0 Å². The number of oxime groups is 1. The molecule has 0 fully saturated rings. The maximum atomic E-state index is 8.50. The number of hydrogen-bond acceptors (Lipinski definition) is 11. The summed E-state index contributed by atoms with van der Waals surface area (Å²) in [5.74, 6) is -0.482. The number of azide groups is 2. The number of hydrogen-bond donors (Lipinski definition) is 0. The number of amidine groups is 1. The van der Waals surface area contributed by atoms with Crippen molar-refractivity contribution >= 4 is 17.5 Å². The molecule has 0 amide bonds. The quantitative estimate of drug-likeness (QED) is 0.453. The fourth-order valence-corrected chi connectivity index (χ4v) is 1.15. The predicted molar refractivity (Wildman–Crippen MR) is 62.5 cm³/mol. The molecule has 0 N–H and O–H groups in total. The van der Waals surface area contributed by atoms with E-state index in [0.29, 0.717) is 0 Å². The van der Waals surface area contributed by atoms with Gasteiger partial charge in [-0.15, -0.1) is 10.2 Å². The van der Waals surface area contributed by atoms with Gasteiger partial charge in [-0.05, 0) is 38.6 Å². The summed E-state index contributed by atoms with van der Waals surface area (Å²) in [4.78, 5) is 14.9. The lowest BCUT2D eigenvalue weighted by Crippen LogP contribution is -2.32. The summed E-state index contributed by atoms with van der Waals surface area (Å²) in [5, 5.41) is 24.9. The van der Waals surface area contributed by atoms with Crippen LogP contribution in [0, 0.1) is 0 Å². The molecule has 0 aromatic carbocycles. The lowest BCUT2D eigenvalue weighted by molar-refractivity contribution is -0.365. The second-order valence-electron chi connectivity index (χ2n) is 3.11. The normalized spacial score (nSPS) is 18.0. The Balaban J connectivity index is 2.17. The Morgan fingerprint density at radius 1 is 1.29 bits per heavy atom. The number of rotatable bonds is 5. The minimum atomic E-state index is -1.07. The summed E-state index contributed by atoms with van der Waals surface area (Å²) < 4.78 is 4.34. The summed E-state index contributed by atoms with van der Waals surface area (Å²) in [6.07, 6.45) is -1.07. The highest BCUT2D eigenvalue weighted by Gasteiger charge is 2.33. The van der Waals surface area contributed by atoms with Crippen molar-refractivity contribution in [1.29, 1.82) is 0 Å². The smallest absolute Gasteiger partial charge is 0.247 e. The van der Waals surface area contributed by atoms with Crippen molar-refractivity contribution < 1.29 is 14.4 Å². The Morgan fingerprint density at radius 2 is 2.10 bits per heavy atom. The molecule has 0 spiro atoms. The molecule has 21 heavy (non-hydrogen) atoms. The molecular formula is C6H6N12O3. The van der Waals surface area contributed by atoms with Crippen molar-refractivity contribution in [3.8, 4) is 0 Å². The van der Waals surface area contributed by atoms with Gasteiger partial charge in [0.05, 0.1) is 6.61 Å². The average Bonchev–Trinajstić information content (AvgIpc) is 3.06. The van der Waals surface area contributed by atoms with E-state index in [0.717, 1.165) is 5.23 Å². The maximum Gasteiger partial charge on any atom is 0.247 e. The molecule has 15 nitrogen and oxygen atoms in total. The van der Waals surface area contributed by atoms with Crippen LogP contribution in [0.4, 0.5) is 11.6 Å². The third-order valence-corrected chi connectivity index (χ3v) is 1.90. The van der Waals surface area contributed by atoms with Crippen LogP contribution >= 0.6 is 0 Å². The van der Waals surface area contributed by atoms with Crippen LogP contribution in [0.2, 0.25) is 0 Å². The van der Waals surface area contributed by atoms with Crippen LogP contribution < -0.4 is 0 Å². The number of azo groups is 1. The van der Waals surface area contributed by atoms with Gasteiger partial charge in [0.1, 0.15) is 0 Å². The van der Waals surface area contributed by atoms with Crippen molar-refractivity contribution in [3.05, 3.63) is 20.9 Å². The van der Waals surface area contributed by atoms with Crippen LogP contribution in [0.5, 0.6) is 0 Å². The molecule has 0 bridgehead atoms. The van der Waals surface area contributed by atoms with Gasteiger partial charge in [0.25, 0.3) is 0 Å². The zero-order valence-corrected chi connectivity index (χ0v) is 10.4. The SMILES string of the molecule is CCON1ON=C(N=Nc2nonc2N=[N+]=[N-])C1N=[N+]=[N-]. The highest BCUT2D eigenvalue weighted by molar-refractivity contribution is 5.87. The Morgan fingerprint density at radius 3 is 2.81 bits per heavy atom. The predicted octanol–water partition coefficient (Wildman–Crippen LogP) is 2.24. The Hall–Kier alpha value is -3.25. The highest BCUT2D eigenvalue weighted by Crippen LogP contribution is 2.24. The monoisotopic (exact) mass is 294 g/mol. The molecule has 15 heteroatoms. The van der Waals surface area contributed by atoms with Gasteiger partial charge in [0, 0.05) is 15.0 Å². The molecule has 1 atom stereocenters. The van der Waals surface area contributed by atoms with Gasteiger partial charge in [0.2, 0.25) is 23.6 Å². The van der Waals surface area contributed by atoms with E-state index in [4.69, 9.17) is 20.8 Å². The van der Waals surface area contributed by atoms with Crippen molar-refractivity contribution in [2.24, 2.45) is 25.6 Å². The zero-order valence-electron chi connectivity index (χ0n) is 10.4. The molecule has 1 aliphatic rings. The third-order valence-electron chi connectivity index (χ3n) is 1.90. The summed E-state index contributed by atoms with van der Waals surface area (Å²) in [5.41, 5.74) is 16.8. The van der Waals surface area contributed by atoms with Gasteiger partial charge in [-0.25, -0.2) is 4.63 Å². The van der Waals surface area contributed by atoms with E-state index in [-0.39, 0.29) is 24.1 Å². The van der Waals surface area contributed by atoms with Crippen LogP contribution in [-0.2, 0) is 9.78 Å². The van der Waals surface area contributed by atoms with E-state index in [1.165, 1.54) is 0 Å². The van der Waals surface area contributed by atoms with Crippen molar-refractivity contribution in [1.82, 2.24) is 15.5 Å². The molecule has 0 saturated heterocycles. The summed E-state index contributed by atoms with van der Waals surface area (Å²) in [7, 11) is 0. The molecule has 1 aromatic rings. The van der Waals surface area contributed by atoms with Crippen LogP contribution in [0.25, 0.3) is 20.9 Å². The summed E-state index contributed by atoms with van der Waals surface area (Å²) in [6, 6.07) is 0. The third kappa shape index (κ3) is 3.20. The molecule has 2 heterocycles. The number of nitrogens with zero attached hydrogens (tertiary/aromatic N) is 12. The van der Waals surface area contributed by atoms with Gasteiger partial charge < -0.3 is 0 Å². The average molecular weight is 294 g/mol. The standard InChI is InChI=1S/C6H6N12O3/c1-2-19-18-6(12-17-8)5(15-21-18)10-9-3-4(11-16-7)14-20-13-3/h6H,2H2,1H3. The summed E-state index contributed by atoms with van der Waals surface area (Å²) >= 11 is 0. The molecule has 0 saturated carbocycles. The first-order valence-electron chi connectivity index (χ1n) is 5.31. The molecule has 0 aliphatic carbocycles. The fraction of sp³-hybridized carbons (Fsp3) is 0.500. The van der Waals surface area contributed by atoms with Crippen molar-refractivity contribution in [3.63, 3.8) is 0 Å². The van der Waals surface area contributed by atoms with E-state index in [1.807, 2.05) is 0 Å². The van der Waals surface area contributed by atoms with Crippen LogP contribution in [0.1, 0.15) is 6.92 Å². The number of aromatic nitrogens is 2. The second kappa shape index (κ2) is 6.78. The molecule has 1 unspecified atom stereocenters. The van der Waals surface area contributed by atoms with E-state index >= 15 is 0 Å². The van der Waals surface area contributed by atoms with Gasteiger partial charge in [-0.2, -0.15) is 0 Å². The van der Waals surface area contributed by atoms with E-state index in [2.05, 4.69) is 50.4 Å². The number of hydroxylamine groups is 2. The zero-order chi connectivity index (χ0) is 15.1. The van der Waals surface area contributed by atoms with E-state index < -0.39 is 6.17 Å². The maximum absolute atomic E-state index is 8.50. The first-order chi connectivity index (χ1) is 10.3. The minimum absolute atomic E-state index is 0.101. The van der Waals surface area contributed by atoms with Gasteiger partial charge >= 0.3 is 0 Å². The van der Waals surface area contributed by atoms with Crippen molar-refractivity contribution in [2.75, 3.05) is 6.61 Å².